The number of phenols is 1. The molecule has 1 aromatic heterocycles. The van der Waals surface area contributed by atoms with Crippen molar-refractivity contribution >= 4 is 18.8 Å². The molecule has 0 saturated carbocycles. The number of hydrogen-bond donors (Lipinski definition) is 1. The Labute approximate surface area is 193 Å². The molecule has 0 unspecified atom stereocenters. The number of phosphoric ester groups is 1. The molecule has 0 aliphatic carbocycles. The molecule has 3 aromatic rings. The average Bonchev–Trinajstić information content (AvgIpc) is 2.81. The number of phenolic OH excluding ortho intramolecular Hbond substituents is 1. The van der Waals surface area contributed by atoms with Crippen LogP contribution in [0.15, 0.2) is 57.9 Å². The van der Waals surface area contributed by atoms with Gasteiger partial charge in [0, 0.05) is 6.07 Å². The molecular weight excluding hydrogens is 443 g/mol. The summed E-state index contributed by atoms with van der Waals surface area (Å²) in [5.41, 5.74) is 1.08. The molecule has 0 radical (unpaired) electrons. The molecule has 0 bridgehead atoms. The molecule has 1 heterocycles. The minimum absolute atomic E-state index is 0.115. The van der Waals surface area contributed by atoms with E-state index in [0.717, 1.165) is 38.5 Å². The van der Waals surface area contributed by atoms with E-state index in [1.165, 1.54) is 24.5 Å². The topological polar surface area (TPSA) is 95.2 Å². The van der Waals surface area contributed by atoms with Crippen LogP contribution in [0.5, 0.6) is 11.5 Å². The minimum atomic E-state index is -3.82. The molecule has 178 valence electrons. The van der Waals surface area contributed by atoms with Gasteiger partial charge in [0.15, 0.2) is 5.43 Å². The third-order valence-corrected chi connectivity index (χ3v) is 6.57. The largest absolute Gasteiger partial charge is 0.530 e. The Bertz CT molecular complexity index is 1120. The fraction of sp³-hybridized carbons (Fsp3) is 0.400. The first-order valence-electron chi connectivity index (χ1n) is 11.4. The average molecular weight is 474 g/mol. The molecule has 3 rings (SSSR count). The second kappa shape index (κ2) is 12.0. The summed E-state index contributed by atoms with van der Waals surface area (Å²) >= 11 is 0. The van der Waals surface area contributed by atoms with Gasteiger partial charge in [-0.05, 0) is 42.7 Å². The summed E-state index contributed by atoms with van der Waals surface area (Å²) in [4.78, 5) is 12.9. The van der Waals surface area contributed by atoms with Crippen LogP contribution in [-0.2, 0) is 13.6 Å². The van der Waals surface area contributed by atoms with E-state index < -0.39 is 7.82 Å². The van der Waals surface area contributed by atoms with Crippen molar-refractivity contribution in [2.24, 2.45) is 0 Å². The summed E-state index contributed by atoms with van der Waals surface area (Å²) in [6.07, 6.45) is 6.83. The third kappa shape index (κ3) is 6.94. The second-order valence-corrected chi connectivity index (χ2v) is 9.40. The summed E-state index contributed by atoms with van der Waals surface area (Å²) in [7, 11) is -3.82. The summed E-state index contributed by atoms with van der Waals surface area (Å²) in [5, 5.41) is 9.83. The fourth-order valence-electron chi connectivity index (χ4n) is 3.28. The third-order valence-electron chi connectivity index (χ3n) is 5.14. The van der Waals surface area contributed by atoms with Gasteiger partial charge in [0.05, 0.1) is 24.2 Å². The lowest BCUT2D eigenvalue weighted by atomic mass is 10.1. The molecule has 8 heteroatoms. The van der Waals surface area contributed by atoms with Crippen molar-refractivity contribution in [3.8, 4) is 22.6 Å². The number of hydrogen-bond acceptors (Lipinski definition) is 7. The zero-order valence-electron chi connectivity index (χ0n) is 19.1. The monoisotopic (exact) mass is 474 g/mol. The van der Waals surface area contributed by atoms with E-state index in [-0.39, 0.29) is 30.1 Å². The molecule has 0 saturated heterocycles. The van der Waals surface area contributed by atoms with E-state index >= 15 is 0 Å². The predicted molar refractivity (Wildman–Crippen MR) is 129 cm³/mol. The van der Waals surface area contributed by atoms with Crippen LogP contribution in [0.3, 0.4) is 0 Å². The van der Waals surface area contributed by atoms with Crippen molar-refractivity contribution in [1.29, 1.82) is 0 Å². The van der Waals surface area contributed by atoms with Gasteiger partial charge in [-0.3, -0.25) is 13.8 Å². The van der Waals surface area contributed by atoms with Crippen molar-refractivity contribution in [2.75, 3.05) is 13.2 Å². The normalized spacial score (nSPS) is 11.7. The molecule has 0 spiro atoms. The van der Waals surface area contributed by atoms with E-state index in [0.29, 0.717) is 22.1 Å². The highest BCUT2D eigenvalue weighted by Crippen LogP contribution is 2.50. The van der Waals surface area contributed by atoms with Crippen molar-refractivity contribution in [3.05, 3.63) is 59.0 Å². The Kier molecular flexibility index (Phi) is 9.12. The number of aromatic hydroxyl groups is 1. The van der Waals surface area contributed by atoms with Gasteiger partial charge in [-0.1, -0.05) is 51.7 Å². The van der Waals surface area contributed by atoms with Gasteiger partial charge in [-0.2, -0.15) is 0 Å². The highest BCUT2D eigenvalue weighted by molar-refractivity contribution is 7.48. The first-order valence-corrected chi connectivity index (χ1v) is 12.9. The Morgan fingerprint density at radius 1 is 0.909 bits per heavy atom. The lowest BCUT2D eigenvalue weighted by Crippen LogP contribution is -2.06. The van der Waals surface area contributed by atoms with Crippen LogP contribution < -0.4 is 9.95 Å². The minimum Gasteiger partial charge on any atom is -0.508 e. The highest BCUT2D eigenvalue weighted by atomic mass is 31.2. The maximum atomic E-state index is 13.2. The van der Waals surface area contributed by atoms with Crippen LogP contribution >= 0.6 is 7.82 Å². The van der Waals surface area contributed by atoms with Crippen LogP contribution in [0.2, 0.25) is 0 Å². The number of unbranched alkanes of at least 4 members (excludes halogenated alkanes) is 4. The zero-order chi connectivity index (χ0) is 23.7. The van der Waals surface area contributed by atoms with Crippen LogP contribution in [0, 0.1) is 0 Å². The van der Waals surface area contributed by atoms with Crippen molar-refractivity contribution in [1.82, 2.24) is 0 Å². The Morgan fingerprint density at radius 3 is 2.15 bits per heavy atom. The summed E-state index contributed by atoms with van der Waals surface area (Å²) in [6.45, 7) is 4.70. The highest BCUT2D eigenvalue weighted by Gasteiger charge is 2.28. The Morgan fingerprint density at radius 2 is 1.55 bits per heavy atom. The van der Waals surface area contributed by atoms with E-state index in [1.807, 2.05) is 0 Å². The number of benzene rings is 2. The van der Waals surface area contributed by atoms with Crippen molar-refractivity contribution in [3.63, 3.8) is 0 Å². The first kappa shape index (κ1) is 25.0. The van der Waals surface area contributed by atoms with E-state index in [4.69, 9.17) is 18.0 Å². The van der Waals surface area contributed by atoms with E-state index in [2.05, 4.69) is 13.8 Å². The maximum absolute atomic E-state index is 13.2. The molecule has 33 heavy (non-hydrogen) atoms. The molecule has 7 nitrogen and oxygen atoms in total. The first-order chi connectivity index (χ1) is 16.0. The zero-order valence-corrected chi connectivity index (χ0v) is 20.0. The van der Waals surface area contributed by atoms with Gasteiger partial charge >= 0.3 is 7.82 Å². The quantitative estimate of drug-likeness (QED) is 0.209. The molecule has 0 fully saturated rings. The predicted octanol–water partition coefficient (Wildman–Crippen LogP) is 7.07. The van der Waals surface area contributed by atoms with Gasteiger partial charge in [0.2, 0.25) is 0 Å². The van der Waals surface area contributed by atoms with Crippen molar-refractivity contribution < 1.29 is 27.7 Å². The van der Waals surface area contributed by atoms with E-state index in [1.54, 1.807) is 24.3 Å². The Hall–Kier alpha value is -2.60. The van der Waals surface area contributed by atoms with E-state index in [9.17, 15) is 14.5 Å². The number of phosphoric acid groups is 1. The number of fused-ring (bicyclic) bond motifs is 1. The molecule has 2 aromatic carbocycles. The van der Waals surface area contributed by atoms with Gasteiger partial charge in [-0.25, -0.2) is 4.57 Å². The summed E-state index contributed by atoms with van der Waals surface area (Å²) < 4.78 is 35.6. The van der Waals surface area contributed by atoms with Crippen LogP contribution in [0.1, 0.15) is 52.4 Å². The maximum Gasteiger partial charge on any atom is 0.530 e. The fourth-order valence-corrected chi connectivity index (χ4v) is 4.54. The summed E-state index contributed by atoms with van der Waals surface area (Å²) in [5.74, 6) is 0.348. The van der Waals surface area contributed by atoms with Gasteiger partial charge in [0.1, 0.15) is 23.3 Å². The van der Waals surface area contributed by atoms with Crippen LogP contribution in [0.25, 0.3) is 22.1 Å². The standard InChI is InChI=1S/C25H31O7P/c1-3-5-7-15-30-33(28,31-16-8-6-4-2)32-21-13-14-22-24(17-21)29-18-23(25(22)27)19-9-11-20(26)12-10-19/h9-14,17-18,26H,3-8,15-16H2,1-2H3. The molecule has 0 aliphatic rings. The molecule has 0 aliphatic heterocycles. The molecule has 0 atom stereocenters. The van der Waals surface area contributed by atoms with Crippen LogP contribution in [-0.4, -0.2) is 18.3 Å². The van der Waals surface area contributed by atoms with Gasteiger partial charge < -0.3 is 14.0 Å². The van der Waals surface area contributed by atoms with Crippen LogP contribution in [0.4, 0.5) is 0 Å². The summed E-state index contributed by atoms with van der Waals surface area (Å²) in [6, 6.07) is 10.9. The van der Waals surface area contributed by atoms with Gasteiger partial charge in [-0.15, -0.1) is 0 Å². The van der Waals surface area contributed by atoms with Gasteiger partial charge in [0.25, 0.3) is 0 Å². The molecule has 1 N–H and O–H groups in total. The Balaban J connectivity index is 1.81. The smallest absolute Gasteiger partial charge is 0.508 e. The second-order valence-electron chi connectivity index (χ2n) is 7.80. The lowest BCUT2D eigenvalue weighted by Gasteiger charge is -2.18. The lowest BCUT2D eigenvalue weighted by molar-refractivity contribution is 0.151. The molecule has 0 amide bonds. The number of rotatable bonds is 13. The molecular formula is C25H31O7P. The van der Waals surface area contributed by atoms with Crippen molar-refractivity contribution in [2.45, 2.75) is 52.4 Å². The SMILES string of the molecule is CCCCCOP(=O)(OCCCCC)Oc1ccc2c(=O)c(-c3ccc(O)cc3)coc2c1.